The fourth-order valence-corrected chi connectivity index (χ4v) is 12.5. The van der Waals surface area contributed by atoms with Crippen LogP contribution in [0, 0.1) is 0 Å². The Morgan fingerprint density at radius 2 is 0.461 bits per heavy atom. The van der Waals surface area contributed by atoms with Crippen LogP contribution < -0.4 is 57.8 Å². The SMILES string of the molecule is COc1cc(OC)c2c(-c3ccc(Cl)cc3)c[n-]c2c1C=Nc1cccc(N=Cc2c(OC)cc(OC)c3c(-c4ccc(Cl)cc4)c[n-]c23)c1.COc1cc(OC)c2c(-c3ccc(Cl)cc3)c[n-]c2c1C=Nc1cccc(N=Cc2c(OC)cc(OC)c3c(-c4ccc(Cl)cc4)c[n-]c23)c1.[Ni+2].[Ni+2]. The number of fused-ring (bicyclic) bond motifs is 4. The third kappa shape index (κ3) is 14.8. The van der Waals surface area contributed by atoms with E-state index in [9.17, 15) is 0 Å². The third-order valence-corrected chi connectivity index (χ3v) is 17.9. The van der Waals surface area contributed by atoms with Gasteiger partial charge in [-0.05, 0) is 129 Å². The number of aromatic nitrogens is 4. The third-order valence-electron chi connectivity index (χ3n) is 16.8. The molecule has 22 heteroatoms. The van der Waals surface area contributed by atoms with Gasteiger partial charge < -0.3 is 57.8 Å². The summed E-state index contributed by atoms with van der Waals surface area (Å²) in [6, 6.07) is 53.1. The summed E-state index contributed by atoms with van der Waals surface area (Å²) < 4.78 is 46.1. The van der Waals surface area contributed by atoms with Crippen LogP contribution in [0.25, 0.3) is 88.1 Å². The van der Waals surface area contributed by atoms with Crippen molar-refractivity contribution in [3.05, 3.63) is 237 Å². The van der Waals surface area contributed by atoms with Gasteiger partial charge in [0.1, 0.15) is 46.0 Å². The minimum atomic E-state index is 0. The maximum absolute atomic E-state index is 6.15. The van der Waals surface area contributed by atoms with Crippen molar-refractivity contribution < 1.29 is 70.9 Å². The molecular weight excluding hydrogens is 1460 g/mol. The molecule has 0 radical (unpaired) electrons. The molecule has 0 aliphatic carbocycles. The Hall–Kier alpha value is -10.4. The van der Waals surface area contributed by atoms with Crippen molar-refractivity contribution >= 4 is 138 Å². The molecule has 0 aliphatic rings. The molecular formula is C80H60Cl4N8Ni2O8. The van der Waals surface area contributed by atoms with E-state index < -0.39 is 0 Å². The van der Waals surface area contributed by atoms with Crippen molar-refractivity contribution in [2.24, 2.45) is 20.0 Å². The summed E-state index contributed by atoms with van der Waals surface area (Å²) in [7, 11) is 13.0. The van der Waals surface area contributed by atoms with Crippen LogP contribution >= 0.6 is 46.4 Å². The largest absolute Gasteiger partial charge is 2.00 e. The van der Waals surface area contributed by atoms with E-state index in [2.05, 4.69) is 0 Å². The molecule has 0 N–H and O–H groups in total. The van der Waals surface area contributed by atoms with Crippen LogP contribution in [0.15, 0.2) is 215 Å². The summed E-state index contributed by atoms with van der Waals surface area (Å²) in [5.74, 6) is 4.94. The Kier molecular flexibility index (Phi) is 23.2. The van der Waals surface area contributed by atoms with Gasteiger partial charge in [0, 0.05) is 113 Å². The first-order chi connectivity index (χ1) is 48.8. The molecule has 0 bridgehead atoms. The number of ether oxygens (including phenoxy) is 8. The Balaban J connectivity index is 0.000000201. The molecule has 0 saturated carbocycles. The average molecular weight is 1520 g/mol. The van der Waals surface area contributed by atoms with Gasteiger partial charge in [0.25, 0.3) is 0 Å². The van der Waals surface area contributed by atoms with E-state index in [1.165, 1.54) is 0 Å². The monoisotopic (exact) mass is 1520 g/mol. The predicted octanol–water partition coefficient (Wildman–Crippen LogP) is 20.2. The summed E-state index contributed by atoms with van der Waals surface area (Å²) in [5, 5.41) is 6.07. The van der Waals surface area contributed by atoms with Crippen molar-refractivity contribution in [2.75, 3.05) is 56.9 Å². The summed E-state index contributed by atoms with van der Waals surface area (Å²) in [6.45, 7) is 0. The zero-order valence-electron chi connectivity index (χ0n) is 55.8. The molecule has 0 amide bonds. The fraction of sp³-hybridized carbons (Fsp3) is 0.100. The Labute approximate surface area is 628 Å². The standard InChI is InChI=1S/2C40H30Cl2N4O4.2Ni/c2*1-47-33-17-35(49-3)37-29(23-8-12-25(41)13-9-23)19-45-39(37)31(33)21-43-27-6-5-7-28(16-27)44-22-32-34(48-2)18-36(50-4)38-30(20-46-40(32)38)24-10-14-26(42)15-11-24;;/h2*5-22H,1-4H3;;/q2*-2;2*+2. The van der Waals surface area contributed by atoms with Crippen LogP contribution in [0.2, 0.25) is 20.1 Å². The van der Waals surface area contributed by atoms with Gasteiger partial charge in [-0.2, -0.15) is 24.8 Å². The van der Waals surface area contributed by atoms with Crippen LogP contribution in [-0.2, 0) is 33.0 Å². The maximum Gasteiger partial charge on any atom is 2.00 e. The summed E-state index contributed by atoms with van der Waals surface area (Å²) in [4.78, 5) is 38.3. The van der Waals surface area contributed by atoms with Gasteiger partial charge in [-0.25, -0.2) is 0 Å². The first-order valence-electron chi connectivity index (χ1n) is 31.1. The van der Waals surface area contributed by atoms with Gasteiger partial charge in [0.2, 0.25) is 0 Å². The van der Waals surface area contributed by atoms with E-state index in [0.29, 0.717) is 111 Å². The number of nitrogens with zero attached hydrogens (tertiary/aromatic N) is 8. The Morgan fingerprint density at radius 1 is 0.265 bits per heavy atom. The second-order valence-corrected chi connectivity index (χ2v) is 24.2. The van der Waals surface area contributed by atoms with E-state index in [-0.39, 0.29) is 33.0 Å². The van der Waals surface area contributed by atoms with E-state index in [0.717, 1.165) is 88.3 Å². The minimum absolute atomic E-state index is 0. The second kappa shape index (κ2) is 32.5. The van der Waals surface area contributed by atoms with E-state index >= 15 is 0 Å². The Morgan fingerprint density at radius 3 is 0.647 bits per heavy atom. The van der Waals surface area contributed by atoms with E-state index in [1.807, 2.05) is 195 Å². The van der Waals surface area contributed by atoms with Crippen molar-refractivity contribution in [1.82, 2.24) is 19.9 Å². The molecule has 0 saturated heterocycles. The van der Waals surface area contributed by atoms with Crippen molar-refractivity contribution in [1.29, 1.82) is 0 Å². The van der Waals surface area contributed by atoms with Gasteiger partial charge in [-0.3, -0.25) is 20.0 Å². The van der Waals surface area contributed by atoms with Crippen molar-refractivity contribution in [3.63, 3.8) is 0 Å². The topological polar surface area (TPSA) is 180 Å². The molecule has 0 fully saturated rings. The second-order valence-electron chi connectivity index (χ2n) is 22.5. The number of hydrogen-bond donors (Lipinski definition) is 0. The summed E-state index contributed by atoms with van der Waals surface area (Å²) in [6.07, 6.45) is 14.3. The minimum Gasteiger partial charge on any atom is -0.662 e. The van der Waals surface area contributed by atoms with E-state index in [4.69, 9.17) is 124 Å². The zero-order chi connectivity index (χ0) is 69.6. The number of rotatable bonds is 20. The molecule has 16 nitrogen and oxygen atoms in total. The van der Waals surface area contributed by atoms with Gasteiger partial charge in [0.05, 0.1) is 79.6 Å². The van der Waals surface area contributed by atoms with Gasteiger partial charge in [-0.15, -0.1) is 22.1 Å². The van der Waals surface area contributed by atoms with Crippen LogP contribution in [-0.4, -0.2) is 81.7 Å². The number of halogens is 4. The molecule has 0 aliphatic heterocycles. The fourth-order valence-electron chi connectivity index (χ4n) is 12.0. The molecule has 0 unspecified atom stereocenters. The van der Waals surface area contributed by atoms with Gasteiger partial charge >= 0.3 is 33.0 Å². The first kappa shape index (κ1) is 72.8. The van der Waals surface area contributed by atoms with Gasteiger partial charge in [0.15, 0.2) is 0 Å². The van der Waals surface area contributed by atoms with Crippen LogP contribution in [0.1, 0.15) is 22.3 Å². The van der Waals surface area contributed by atoms with Crippen LogP contribution in [0.5, 0.6) is 46.0 Å². The summed E-state index contributed by atoms with van der Waals surface area (Å²) in [5.41, 5.74) is 16.1. The van der Waals surface area contributed by atoms with Crippen LogP contribution in [0.4, 0.5) is 22.7 Å². The molecule has 0 atom stereocenters. The molecule has 0 spiro atoms. The summed E-state index contributed by atoms with van der Waals surface area (Å²) >= 11 is 24.6. The molecule has 516 valence electrons. The Bertz CT molecular complexity index is 4810. The molecule has 4 heterocycles. The number of methoxy groups -OCH3 is 8. The smallest absolute Gasteiger partial charge is 0.662 e. The normalized spacial score (nSPS) is 11.4. The molecule has 14 rings (SSSR count). The van der Waals surface area contributed by atoms with Crippen LogP contribution in [0.3, 0.4) is 0 Å². The number of hydrogen-bond acceptors (Lipinski definition) is 12. The quantitative estimate of drug-likeness (QED) is 0.0521. The number of benzene rings is 10. The zero-order valence-corrected chi connectivity index (χ0v) is 60.8. The molecule has 14 aromatic rings. The van der Waals surface area contributed by atoms with Gasteiger partial charge in [-0.1, -0.05) is 107 Å². The molecule has 4 aromatic heterocycles. The maximum atomic E-state index is 6.15. The molecule has 102 heavy (non-hydrogen) atoms. The van der Waals surface area contributed by atoms with E-state index in [1.54, 1.807) is 81.7 Å². The van der Waals surface area contributed by atoms with Crippen molar-refractivity contribution in [3.8, 4) is 90.5 Å². The predicted molar refractivity (Wildman–Crippen MR) is 405 cm³/mol. The van der Waals surface area contributed by atoms with Crippen molar-refractivity contribution in [2.45, 2.75) is 0 Å². The first-order valence-corrected chi connectivity index (χ1v) is 32.6. The number of aliphatic imine (C=N–C) groups is 4. The average Bonchev–Trinajstić information content (AvgIpc) is 1.59. The molecule has 10 aromatic carbocycles.